The SMILES string of the molecule is CN1CCCCC1CNc1ccc(Br)cn1. The number of likely N-dealkylation sites (tertiary alicyclic amines) is 1. The van der Waals surface area contributed by atoms with Crippen molar-refractivity contribution in [1.82, 2.24) is 9.88 Å². The third-order valence-electron chi connectivity index (χ3n) is 3.17. The number of pyridine rings is 1. The van der Waals surface area contributed by atoms with Crippen LogP contribution < -0.4 is 5.32 Å². The van der Waals surface area contributed by atoms with Gasteiger partial charge in [0.1, 0.15) is 5.82 Å². The molecule has 1 N–H and O–H groups in total. The average Bonchev–Trinajstić information content (AvgIpc) is 2.30. The second kappa shape index (κ2) is 5.64. The van der Waals surface area contributed by atoms with Crippen molar-refractivity contribution < 1.29 is 0 Å². The van der Waals surface area contributed by atoms with Gasteiger partial charge < -0.3 is 10.2 Å². The Morgan fingerprint density at radius 1 is 1.50 bits per heavy atom. The molecule has 1 atom stereocenters. The quantitative estimate of drug-likeness (QED) is 0.925. The van der Waals surface area contributed by atoms with Gasteiger partial charge in [0.15, 0.2) is 0 Å². The zero-order valence-electron chi connectivity index (χ0n) is 9.62. The maximum atomic E-state index is 4.31. The van der Waals surface area contributed by atoms with Gasteiger partial charge in [-0.1, -0.05) is 6.42 Å². The summed E-state index contributed by atoms with van der Waals surface area (Å²) < 4.78 is 1.02. The highest BCUT2D eigenvalue weighted by atomic mass is 79.9. The van der Waals surface area contributed by atoms with Crippen LogP contribution in [-0.2, 0) is 0 Å². The molecule has 0 aliphatic carbocycles. The van der Waals surface area contributed by atoms with Crippen molar-refractivity contribution >= 4 is 21.7 Å². The summed E-state index contributed by atoms with van der Waals surface area (Å²) in [6.07, 6.45) is 5.81. The molecule has 1 fully saturated rings. The van der Waals surface area contributed by atoms with Gasteiger partial charge in [-0.25, -0.2) is 4.98 Å². The van der Waals surface area contributed by atoms with Crippen LogP contribution in [0, 0.1) is 0 Å². The molecule has 1 aromatic rings. The molecule has 0 spiro atoms. The molecule has 4 heteroatoms. The molecule has 0 aromatic carbocycles. The standard InChI is InChI=1S/C12H18BrN3/c1-16-7-3-2-4-11(16)9-15-12-6-5-10(13)8-14-12/h5-6,8,11H,2-4,7,9H2,1H3,(H,14,15). The second-order valence-corrected chi connectivity index (χ2v) is 5.29. The van der Waals surface area contributed by atoms with E-state index in [1.54, 1.807) is 0 Å². The van der Waals surface area contributed by atoms with E-state index in [4.69, 9.17) is 0 Å². The van der Waals surface area contributed by atoms with E-state index in [2.05, 4.69) is 38.2 Å². The lowest BCUT2D eigenvalue weighted by molar-refractivity contribution is 0.194. The molecule has 2 rings (SSSR count). The van der Waals surface area contributed by atoms with Gasteiger partial charge >= 0.3 is 0 Å². The Balaban J connectivity index is 1.84. The molecule has 1 aliphatic rings. The fourth-order valence-corrected chi connectivity index (χ4v) is 2.34. The predicted octanol–water partition coefficient (Wildman–Crippen LogP) is 2.74. The minimum Gasteiger partial charge on any atom is -0.369 e. The lowest BCUT2D eigenvalue weighted by Gasteiger charge is -2.32. The summed E-state index contributed by atoms with van der Waals surface area (Å²) in [4.78, 5) is 6.75. The molecule has 0 bridgehead atoms. The van der Waals surface area contributed by atoms with Crippen molar-refractivity contribution in [3.05, 3.63) is 22.8 Å². The highest BCUT2D eigenvalue weighted by molar-refractivity contribution is 9.10. The number of hydrogen-bond donors (Lipinski definition) is 1. The maximum absolute atomic E-state index is 4.31. The van der Waals surface area contributed by atoms with Crippen LogP contribution in [0.25, 0.3) is 0 Å². The van der Waals surface area contributed by atoms with Gasteiger partial charge in [0, 0.05) is 23.3 Å². The summed E-state index contributed by atoms with van der Waals surface area (Å²) in [6, 6.07) is 4.67. The van der Waals surface area contributed by atoms with Crippen LogP contribution in [0.4, 0.5) is 5.82 Å². The number of nitrogens with zero attached hydrogens (tertiary/aromatic N) is 2. The summed E-state index contributed by atoms with van der Waals surface area (Å²) in [5.74, 6) is 0.960. The van der Waals surface area contributed by atoms with Crippen molar-refractivity contribution in [1.29, 1.82) is 0 Å². The van der Waals surface area contributed by atoms with Crippen LogP contribution in [0.3, 0.4) is 0 Å². The van der Waals surface area contributed by atoms with Crippen LogP contribution in [0.1, 0.15) is 19.3 Å². The fourth-order valence-electron chi connectivity index (χ4n) is 2.10. The van der Waals surface area contributed by atoms with Gasteiger partial charge in [0.05, 0.1) is 0 Å². The smallest absolute Gasteiger partial charge is 0.126 e. The lowest BCUT2D eigenvalue weighted by Crippen LogP contribution is -2.40. The number of likely N-dealkylation sites (N-methyl/N-ethyl adjacent to an activating group) is 1. The minimum atomic E-state index is 0.652. The number of halogens is 1. The van der Waals surface area contributed by atoms with E-state index < -0.39 is 0 Å². The fraction of sp³-hybridized carbons (Fsp3) is 0.583. The number of rotatable bonds is 3. The maximum Gasteiger partial charge on any atom is 0.126 e. The minimum absolute atomic E-state index is 0.652. The molecular formula is C12H18BrN3. The van der Waals surface area contributed by atoms with Crippen LogP contribution in [0.15, 0.2) is 22.8 Å². The van der Waals surface area contributed by atoms with Crippen molar-refractivity contribution in [2.45, 2.75) is 25.3 Å². The second-order valence-electron chi connectivity index (χ2n) is 4.37. The Labute approximate surface area is 105 Å². The van der Waals surface area contributed by atoms with Crippen LogP contribution >= 0.6 is 15.9 Å². The summed E-state index contributed by atoms with van der Waals surface area (Å²) in [6.45, 7) is 2.21. The molecule has 1 unspecified atom stereocenters. The largest absolute Gasteiger partial charge is 0.369 e. The summed E-state index contributed by atoms with van der Waals surface area (Å²) in [5, 5.41) is 3.40. The number of nitrogens with one attached hydrogen (secondary N) is 1. The Morgan fingerprint density at radius 3 is 3.06 bits per heavy atom. The first kappa shape index (κ1) is 11.9. The average molecular weight is 284 g/mol. The van der Waals surface area contributed by atoms with E-state index in [0.29, 0.717) is 6.04 Å². The lowest BCUT2D eigenvalue weighted by atomic mass is 10.0. The normalized spacial score (nSPS) is 22.0. The molecule has 3 nitrogen and oxygen atoms in total. The van der Waals surface area contributed by atoms with E-state index in [9.17, 15) is 0 Å². The molecule has 1 aliphatic heterocycles. The Bertz CT molecular complexity index is 326. The highest BCUT2D eigenvalue weighted by Crippen LogP contribution is 2.16. The van der Waals surface area contributed by atoms with Crippen molar-refractivity contribution in [3.63, 3.8) is 0 Å². The van der Waals surface area contributed by atoms with Crippen LogP contribution in [-0.4, -0.2) is 36.1 Å². The molecule has 0 amide bonds. The first-order chi connectivity index (χ1) is 7.75. The molecule has 2 heterocycles. The van der Waals surface area contributed by atoms with E-state index in [1.807, 2.05) is 18.3 Å². The van der Waals surface area contributed by atoms with E-state index >= 15 is 0 Å². The van der Waals surface area contributed by atoms with Gasteiger partial charge in [-0.05, 0) is 54.5 Å². The molecular weight excluding hydrogens is 266 g/mol. The van der Waals surface area contributed by atoms with Crippen molar-refractivity contribution in [2.75, 3.05) is 25.5 Å². The van der Waals surface area contributed by atoms with Gasteiger partial charge in [-0.3, -0.25) is 0 Å². The predicted molar refractivity (Wildman–Crippen MR) is 70.7 cm³/mol. The summed E-state index contributed by atoms with van der Waals surface area (Å²) in [5.41, 5.74) is 0. The zero-order valence-corrected chi connectivity index (χ0v) is 11.2. The molecule has 1 aromatic heterocycles. The van der Waals surface area contributed by atoms with Crippen LogP contribution in [0.5, 0.6) is 0 Å². The zero-order chi connectivity index (χ0) is 11.4. The molecule has 16 heavy (non-hydrogen) atoms. The number of aromatic nitrogens is 1. The first-order valence-corrected chi connectivity index (χ1v) is 6.60. The Hall–Kier alpha value is -0.610. The van der Waals surface area contributed by atoms with E-state index in [1.165, 1.54) is 25.8 Å². The third kappa shape index (κ3) is 3.19. The molecule has 0 saturated carbocycles. The van der Waals surface area contributed by atoms with Gasteiger partial charge in [-0.2, -0.15) is 0 Å². The van der Waals surface area contributed by atoms with Crippen LogP contribution in [0.2, 0.25) is 0 Å². The van der Waals surface area contributed by atoms with Gasteiger partial charge in [-0.15, -0.1) is 0 Å². The summed E-state index contributed by atoms with van der Waals surface area (Å²) >= 11 is 3.38. The molecule has 1 saturated heterocycles. The topological polar surface area (TPSA) is 28.2 Å². The molecule has 88 valence electrons. The van der Waals surface area contributed by atoms with Gasteiger partial charge in [0.2, 0.25) is 0 Å². The van der Waals surface area contributed by atoms with Gasteiger partial charge in [0.25, 0.3) is 0 Å². The van der Waals surface area contributed by atoms with E-state index in [0.717, 1.165) is 16.8 Å². The first-order valence-electron chi connectivity index (χ1n) is 5.81. The van der Waals surface area contributed by atoms with Crippen molar-refractivity contribution in [2.24, 2.45) is 0 Å². The van der Waals surface area contributed by atoms with E-state index in [-0.39, 0.29) is 0 Å². The summed E-state index contributed by atoms with van der Waals surface area (Å²) in [7, 11) is 2.21. The van der Waals surface area contributed by atoms with Crippen molar-refractivity contribution in [3.8, 4) is 0 Å². The third-order valence-corrected chi connectivity index (χ3v) is 3.64. The molecule has 0 radical (unpaired) electrons. The Kier molecular flexibility index (Phi) is 4.18. The monoisotopic (exact) mass is 283 g/mol. The number of hydrogen-bond acceptors (Lipinski definition) is 3. The number of piperidine rings is 1. The highest BCUT2D eigenvalue weighted by Gasteiger charge is 2.18. The number of anilines is 1. The Morgan fingerprint density at radius 2 is 2.38 bits per heavy atom.